The van der Waals surface area contributed by atoms with Crippen molar-refractivity contribution in [3.05, 3.63) is 94.5 Å². The van der Waals surface area contributed by atoms with E-state index in [2.05, 4.69) is 48.0 Å². The van der Waals surface area contributed by atoms with E-state index in [9.17, 15) is 4.79 Å². The second kappa shape index (κ2) is 10.5. The fourth-order valence-electron chi connectivity index (χ4n) is 3.50. The Labute approximate surface area is 209 Å². The first kappa shape index (κ1) is 24.0. The number of carbonyl (C=O) groups excluding carboxylic acids is 1. The van der Waals surface area contributed by atoms with E-state index in [0.29, 0.717) is 11.6 Å². The topological polar surface area (TPSA) is 59.3 Å². The average molecular weight is 491 g/mol. The zero-order valence-electron chi connectivity index (χ0n) is 19.5. The van der Waals surface area contributed by atoms with Crippen LogP contribution in [0.1, 0.15) is 37.5 Å². The van der Waals surface area contributed by atoms with E-state index in [1.54, 1.807) is 6.21 Å². The van der Waals surface area contributed by atoms with Crippen LogP contribution >= 0.6 is 23.4 Å². The first-order valence-electron chi connectivity index (χ1n) is 11.0. The van der Waals surface area contributed by atoms with E-state index in [4.69, 9.17) is 16.6 Å². The Morgan fingerprint density at radius 1 is 1.06 bits per heavy atom. The third kappa shape index (κ3) is 6.07. The summed E-state index contributed by atoms with van der Waals surface area (Å²) in [4.78, 5) is 17.2. The van der Waals surface area contributed by atoms with Gasteiger partial charge in [0, 0.05) is 5.02 Å². The minimum absolute atomic E-state index is 0.102. The first-order chi connectivity index (χ1) is 16.3. The second-order valence-electron chi connectivity index (χ2n) is 9.05. The Bertz CT molecular complexity index is 1310. The van der Waals surface area contributed by atoms with Crippen LogP contribution in [0.4, 0.5) is 0 Å². The van der Waals surface area contributed by atoms with Gasteiger partial charge in [-0.25, -0.2) is 10.4 Å². The molecule has 0 aliphatic heterocycles. The van der Waals surface area contributed by atoms with Crippen LogP contribution < -0.4 is 5.43 Å². The van der Waals surface area contributed by atoms with Gasteiger partial charge < -0.3 is 4.57 Å². The molecule has 0 fully saturated rings. The molecule has 4 rings (SSSR count). The lowest BCUT2D eigenvalue weighted by Gasteiger charge is -2.18. The molecule has 174 valence electrons. The molecule has 0 aliphatic carbocycles. The van der Waals surface area contributed by atoms with Crippen LogP contribution in [-0.2, 0) is 16.8 Å². The van der Waals surface area contributed by atoms with E-state index in [0.717, 1.165) is 27.3 Å². The third-order valence-electron chi connectivity index (χ3n) is 5.39. The lowest BCUT2D eigenvalue weighted by molar-refractivity contribution is -0.118. The van der Waals surface area contributed by atoms with Gasteiger partial charge in [0.2, 0.25) is 0 Å². The van der Waals surface area contributed by atoms with Crippen LogP contribution in [0, 0.1) is 0 Å². The molecule has 0 aliphatic rings. The van der Waals surface area contributed by atoms with Gasteiger partial charge in [-0.3, -0.25) is 4.79 Å². The maximum Gasteiger partial charge on any atom is 0.250 e. The zero-order valence-corrected chi connectivity index (χ0v) is 21.0. The molecule has 34 heavy (non-hydrogen) atoms. The van der Waals surface area contributed by atoms with Gasteiger partial charge in [-0.05, 0) is 46.4 Å². The highest BCUT2D eigenvalue weighted by Gasteiger charge is 2.14. The Hall–Kier alpha value is -3.09. The lowest BCUT2D eigenvalue weighted by Crippen LogP contribution is -2.20. The average Bonchev–Trinajstić information content (AvgIpc) is 3.16. The Kier molecular flexibility index (Phi) is 7.39. The molecule has 1 heterocycles. The van der Waals surface area contributed by atoms with E-state index in [1.807, 2.05) is 60.7 Å². The standard InChI is InChI=1S/C27H27ClN4OS/c1-27(2,3)21-12-8-19(9-13-21)16-29-31-25(33)18-34-26-30-23-6-4-5-7-24(23)32(26)17-20-10-14-22(28)15-11-20/h4-16H,17-18H2,1-3H3,(H,31,33)/b29-16+. The van der Waals surface area contributed by atoms with Crippen molar-refractivity contribution in [3.8, 4) is 0 Å². The maximum absolute atomic E-state index is 12.4. The number of hydrogen-bond donors (Lipinski definition) is 1. The van der Waals surface area contributed by atoms with E-state index < -0.39 is 0 Å². The number of halogens is 1. The quantitative estimate of drug-likeness (QED) is 0.188. The van der Waals surface area contributed by atoms with Crippen LogP contribution in [-0.4, -0.2) is 27.4 Å². The predicted molar refractivity (Wildman–Crippen MR) is 142 cm³/mol. The molecule has 0 saturated carbocycles. The summed E-state index contributed by atoms with van der Waals surface area (Å²) in [6.07, 6.45) is 1.66. The van der Waals surface area contributed by atoms with Gasteiger partial charge in [-0.2, -0.15) is 5.10 Å². The number of imidazole rings is 1. The smallest absolute Gasteiger partial charge is 0.250 e. The summed E-state index contributed by atoms with van der Waals surface area (Å²) in [6.45, 7) is 7.18. The number of hydrazone groups is 1. The van der Waals surface area contributed by atoms with Crippen molar-refractivity contribution in [2.45, 2.75) is 37.9 Å². The van der Waals surface area contributed by atoms with Crippen molar-refractivity contribution in [3.63, 3.8) is 0 Å². The van der Waals surface area contributed by atoms with E-state index >= 15 is 0 Å². The maximum atomic E-state index is 12.4. The minimum Gasteiger partial charge on any atom is -0.314 e. The molecule has 0 bridgehead atoms. The molecule has 1 N–H and O–H groups in total. The molecule has 1 amide bonds. The van der Waals surface area contributed by atoms with Crippen molar-refractivity contribution in [2.75, 3.05) is 5.75 Å². The van der Waals surface area contributed by atoms with Crippen molar-refractivity contribution in [1.29, 1.82) is 0 Å². The number of rotatable bonds is 7. The van der Waals surface area contributed by atoms with Gasteiger partial charge in [0.25, 0.3) is 5.91 Å². The van der Waals surface area contributed by atoms with E-state index in [-0.39, 0.29) is 17.1 Å². The minimum atomic E-state index is -0.183. The van der Waals surface area contributed by atoms with Crippen LogP contribution in [0.15, 0.2) is 83.1 Å². The number of para-hydroxylation sites is 2. The molecule has 0 spiro atoms. The second-order valence-corrected chi connectivity index (χ2v) is 10.4. The van der Waals surface area contributed by atoms with Gasteiger partial charge >= 0.3 is 0 Å². The molecule has 3 aromatic carbocycles. The Morgan fingerprint density at radius 3 is 2.47 bits per heavy atom. The van der Waals surface area contributed by atoms with Gasteiger partial charge in [-0.15, -0.1) is 0 Å². The van der Waals surface area contributed by atoms with Crippen LogP contribution in [0.5, 0.6) is 0 Å². The SMILES string of the molecule is CC(C)(C)c1ccc(/C=N/NC(=O)CSc2nc3ccccc3n2Cc2ccc(Cl)cc2)cc1. The van der Waals surface area contributed by atoms with Crippen molar-refractivity contribution < 1.29 is 4.79 Å². The summed E-state index contributed by atoms with van der Waals surface area (Å²) in [6, 6.07) is 23.9. The van der Waals surface area contributed by atoms with Gasteiger partial charge in [-0.1, -0.05) is 92.7 Å². The van der Waals surface area contributed by atoms with Crippen molar-refractivity contribution >= 4 is 46.5 Å². The van der Waals surface area contributed by atoms with Crippen molar-refractivity contribution in [1.82, 2.24) is 15.0 Å². The summed E-state index contributed by atoms with van der Waals surface area (Å²) in [7, 11) is 0. The molecule has 0 unspecified atom stereocenters. The molecule has 0 atom stereocenters. The largest absolute Gasteiger partial charge is 0.314 e. The Morgan fingerprint density at radius 2 is 1.76 bits per heavy atom. The van der Waals surface area contributed by atoms with Crippen LogP contribution in [0.3, 0.4) is 0 Å². The number of carbonyl (C=O) groups is 1. The molecule has 4 aromatic rings. The zero-order chi connectivity index (χ0) is 24.1. The molecule has 0 radical (unpaired) electrons. The van der Waals surface area contributed by atoms with Gasteiger partial charge in [0.05, 0.1) is 29.5 Å². The normalized spacial score (nSPS) is 11.9. The molecule has 5 nitrogen and oxygen atoms in total. The number of aromatic nitrogens is 2. The predicted octanol–water partition coefficient (Wildman–Crippen LogP) is 6.28. The third-order valence-corrected chi connectivity index (χ3v) is 6.61. The van der Waals surface area contributed by atoms with Crippen LogP contribution in [0.25, 0.3) is 11.0 Å². The summed E-state index contributed by atoms with van der Waals surface area (Å²) in [5.74, 6) is 0.0298. The lowest BCUT2D eigenvalue weighted by atomic mass is 9.87. The highest BCUT2D eigenvalue weighted by molar-refractivity contribution is 7.99. The highest BCUT2D eigenvalue weighted by atomic mass is 35.5. The van der Waals surface area contributed by atoms with E-state index in [1.165, 1.54) is 17.3 Å². The van der Waals surface area contributed by atoms with Gasteiger partial charge in [0.15, 0.2) is 5.16 Å². The molecule has 1 aromatic heterocycles. The molecular formula is C27H27ClN4OS. The fourth-order valence-corrected chi connectivity index (χ4v) is 4.43. The first-order valence-corrected chi connectivity index (χ1v) is 12.4. The fraction of sp³-hybridized carbons (Fsp3) is 0.222. The number of amides is 1. The highest BCUT2D eigenvalue weighted by Crippen LogP contribution is 2.26. The van der Waals surface area contributed by atoms with Crippen molar-refractivity contribution in [2.24, 2.45) is 5.10 Å². The molecular weight excluding hydrogens is 464 g/mol. The summed E-state index contributed by atoms with van der Waals surface area (Å²) in [5.41, 5.74) is 7.94. The number of thioether (sulfide) groups is 1. The Balaban J connectivity index is 1.40. The summed E-state index contributed by atoms with van der Waals surface area (Å²) < 4.78 is 2.12. The number of nitrogens with one attached hydrogen (secondary N) is 1. The summed E-state index contributed by atoms with van der Waals surface area (Å²) >= 11 is 7.42. The number of hydrogen-bond acceptors (Lipinski definition) is 4. The summed E-state index contributed by atoms with van der Waals surface area (Å²) in [5, 5.41) is 5.60. The number of nitrogens with zero attached hydrogens (tertiary/aromatic N) is 3. The number of fused-ring (bicyclic) bond motifs is 1. The molecule has 7 heteroatoms. The molecule has 0 saturated heterocycles. The van der Waals surface area contributed by atoms with Crippen LogP contribution in [0.2, 0.25) is 5.02 Å². The monoisotopic (exact) mass is 490 g/mol. The van der Waals surface area contributed by atoms with Gasteiger partial charge in [0.1, 0.15) is 0 Å². The number of benzene rings is 3.